The summed E-state index contributed by atoms with van der Waals surface area (Å²) in [5.41, 5.74) is 1.90. The van der Waals surface area contributed by atoms with Gasteiger partial charge in [-0.1, -0.05) is 11.6 Å². The van der Waals surface area contributed by atoms with Crippen molar-refractivity contribution in [2.75, 3.05) is 6.54 Å². The van der Waals surface area contributed by atoms with Crippen molar-refractivity contribution in [1.29, 1.82) is 0 Å². The van der Waals surface area contributed by atoms with Gasteiger partial charge in [-0.3, -0.25) is 4.68 Å². The first-order valence-corrected chi connectivity index (χ1v) is 6.32. The summed E-state index contributed by atoms with van der Waals surface area (Å²) in [5.74, 6) is 1.08. The first kappa shape index (κ1) is 13.1. The van der Waals surface area contributed by atoms with E-state index in [1.54, 1.807) is 0 Å². The van der Waals surface area contributed by atoms with E-state index in [2.05, 4.69) is 15.4 Å². The summed E-state index contributed by atoms with van der Waals surface area (Å²) >= 11 is 6.18. The molecule has 0 aromatic carbocycles. The predicted molar refractivity (Wildman–Crippen MR) is 71.6 cm³/mol. The Bertz CT molecular complexity index is 529. The standard InChI is InChI=1S/C12H18ClN5/c1-9-12(13)10(18(3)16-9)8-14-5-4-11-15-6-7-17(11)2/h6-7,14H,4-5,8H2,1-3H3. The van der Waals surface area contributed by atoms with Gasteiger partial charge < -0.3 is 9.88 Å². The molecule has 1 N–H and O–H groups in total. The SMILES string of the molecule is Cc1nn(C)c(CNCCc2nccn2C)c1Cl. The molecule has 98 valence electrons. The van der Waals surface area contributed by atoms with E-state index >= 15 is 0 Å². The van der Waals surface area contributed by atoms with E-state index in [-0.39, 0.29) is 0 Å². The molecule has 0 fully saturated rings. The zero-order valence-electron chi connectivity index (χ0n) is 10.9. The zero-order valence-corrected chi connectivity index (χ0v) is 11.7. The van der Waals surface area contributed by atoms with Gasteiger partial charge in [-0.25, -0.2) is 4.98 Å². The van der Waals surface area contributed by atoms with Gasteiger partial charge in [0.05, 0.1) is 16.4 Å². The summed E-state index contributed by atoms with van der Waals surface area (Å²) in [4.78, 5) is 4.28. The van der Waals surface area contributed by atoms with Crippen molar-refractivity contribution < 1.29 is 0 Å². The second kappa shape index (κ2) is 5.54. The van der Waals surface area contributed by atoms with Crippen LogP contribution in [-0.4, -0.2) is 25.9 Å². The first-order valence-electron chi connectivity index (χ1n) is 5.94. The molecule has 2 rings (SSSR count). The van der Waals surface area contributed by atoms with Gasteiger partial charge in [0.25, 0.3) is 0 Å². The molecule has 0 amide bonds. The van der Waals surface area contributed by atoms with Crippen molar-refractivity contribution in [3.05, 3.63) is 34.6 Å². The Kier molecular flexibility index (Phi) is 4.04. The van der Waals surface area contributed by atoms with Gasteiger partial charge in [-0.05, 0) is 6.92 Å². The topological polar surface area (TPSA) is 47.7 Å². The van der Waals surface area contributed by atoms with Crippen LogP contribution in [-0.2, 0) is 27.1 Å². The molecule has 0 saturated carbocycles. The molecule has 0 saturated heterocycles. The maximum atomic E-state index is 6.18. The Morgan fingerprint density at radius 2 is 2.17 bits per heavy atom. The van der Waals surface area contributed by atoms with Crippen LogP contribution in [0.5, 0.6) is 0 Å². The number of hydrogen-bond donors (Lipinski definition) is 1. The molecule has 0 radical (unpaired) electrons. The molecular weight excluding hydrogens is 250 g/mol. The minimum atomic E-state index is 0.723. The number of nitrogens with zero attached hydrogens (tertiary/aromatic N) is 4. The molecule has 0 bridgehead atoms. The second-order valence-corrected chi connectivity index (χ2v) is 4.73. The Hall–Kier alpha value is -1.33. The number of nitrogens with one attached hydrogen (secondary N) is 1. The summed E-state index contributed by atoms with van der Waals surface area (Å²) in [6.07, 6.45) is 4.67. The normalized spacial score (nSPS) is 11.1. The molecule has 2 aromatic heterocycles. The highest BCUT2D eigenvalue weighted by atomic mass is 35.5. The van der Waals surface area contributed by atoms with Crippen molar-refractivity contribution in [1.82, 2.24) is 24.6 Å². The lowest BCUT2D eigenvalue weighted by molar-refractivity contribution is 0.611. The fraction of sp³-hybridized carbons (Fsp3) is 0.500. The number of halogens is 1. The lowest BCUT2D eigenvalue weighted by Gasteiger charge is -2.06. The summed E-state index contributed by atoms with van der Waals surface area (Å²) in [5, 5.41) is 8.40. The third kappa shape index (κ3) is 2.73. The van der Waals surface area contributed by atoms with Gasteiger partial charge in [-0.15, -0.1) is 0 Å². The third-order valence-corrected chi connectivity index (χ3v) is 3.49. The maximum Gasteiger partial charge on any atom is 0.109 e. The summed E-state index contributed by atoms with van der Waals surface area (Å²) in [7, 11) is 3.92. The van der Waals surface area contributed by atoms with Gasteiger partial charge in [0.15, 0.2) is 0 Å². The van der Waals surface area contributed by atoms with E-state index in [0.717, 1.165) is 41.7 Å². The van der Waals surface area contributed by atoms with E-state index in [1.807, 2.05) is 42.7 Å². The Morgan fingerprint density at radius 1 is 1.39 bits per heavy atom. The minimum Gasteiger partial charge on any atom is -0.338 e. The van der Waals surface area contributed by atoms with Crippen LogP contribution >= 0.6 is 11.6 Å². The number of imidazole rings is 1. The smallest absolute Gasteiger partial charge is 0.109 e. The van der Waals surface area contributed by atoms with Crippen molar-refractivity contribution >= 4 is 11.6 Å². The lowest BCUT2D eigenvalue weighted by Crippen LogP contribution is -2.20. The highest BCUT2D eigenvalue weighted by Gasteiger charge is 2.10. The molecule has 0 unspecified atom stereocenters. The van der Waals surface area contributed by atoms with Gasteiger partial charge in [0, 0.05) is 46.0 Å². The number of aryl methyl sites for hydroxylation is 3. The van der Waals surface area contributed by atoms with Crippen LogP contribution in [0.2, 0.25) is 5.02 Å². The third-order valence-electron chi connectivity index (χ3n) is 3.00. The van der Waals surface area contributed by atoms with E-state index in [9.17, 15) is 0 Å². The molecule has 18 heavy (non-hydrogen) atoms. The van der Waals surface area contributed by atoms with E-state index in [4.69, 9.17) is 11.6 Å². The Labute approximate surface area is 112 Å². The summed E-state index contributed by atoms with van der Waals surface area (Å²) in [6, 6.07) is 0. The van der Waals surface area contributed by atoms with E-state index < -0.39 is 0 Å². The van der Waals surface area contributed by atoms with Gasteiger partial charge >= 0.3 is 0 Å². The van der Waals surface area contributed by atoms with Gasteiger partial charge in [0.2, 0.25) is 0 Å². The van der Waals surface area contributed by atoms with Crippen LogP contribution in [0.3, 0.4) is 0 Å². The van der Waals surface area contributed by atoms with Crippen molar-refractivity contribution in [3.63, 3.8) is 0 Å². The van der Waals surface area contributed by atoms with Gasteiger partial charge in [0.1, 0.15) is 5.82 Å². The summed E-state index contributed by atoms with van der Waals surface area (Å²) in [6.45, 7) is 3.51. The van der Waals surface area contributed by atoms with Crippen LogP contribution in [0.25, 0.3) is 0 Å². The predicted octanol–water partition coefficient (Wildman–Crippen LogP) is 1.45. The summed E-state index contributed by atoms with van der Waals surface area (Å²) < 4.78 is 3.86. The largest absolute Gasteiger partial charge is 0.338 e. The van der Waals surface area contributed by atoms with Crippen LogP contribution in [0.15, 0.2) is 12.4 Å². The molecule has 0 aliphatic carbocycles. The van der Waals surface area contributed by atoms with Crippen molar-refractivity contribution in [3.8, 4) is 0 Å². The van der Waals surface area contributed by atoms with Crippen molar-refractivity contribution in [2.24, 2.45) is 14.1 Å². The van der Waals surface area contributed by atoms with Crippen LogP contribution in [0.1, 0.15) is 17.2 Å². The fourth-order valence-electron chi connectivity index (χ4n) is 1.92. The Balaban J connectivity index is 1.84. The number of aromatic nitrogens is 4. The molecule has 5 nitrogen and oxygen atoms in total. The van der Waals surface area contributed by atoms with Crippen LogP contribution in [0.4, 0.5) is 0 Å². The molecule has 6 heteroatoms. The van der Waals surface area contributed by atoms with Gasteiger partial charge in [-0.2, -0.15) is 5.10 Å². The quantitative estimate of drug-likeness (QED) is 0.834. The average Bonchev–Trinajstić information content (AvgIpc) is 2.83. The van der Waals surface area contributed by atoms with E-state index in [0.29, 0.717) is 0 Å². The number of rotatable bonds is 5. The monoisotopic (exact) mass is 267 g/mol. The molecule has 0 atom stereocenters. The highest BCUT2D eigenvalue weighted by molar-refractivity contribution is 6.31. The minimum absolute atomic E-state index is 0.723. The highest BCUT2D eigenvalue weighted by Crippen LogP contribution is 2.18. The average molecular weight is 268 g/mol. The number of hydrogen-bond acceptors (Lipinski definition) is 3. The lowest BCUT2D eigenvalue weighted by atomic mass is 10.3. The molecular formula is C12H18ClN5. The molecule has 0 spiro atoms. The maximum absolute atomic E-state index is 6.18. The molecule has 2 heterocycles. The molecule has 0 aliphatic rings. The van der Waals surface area contributed by atoms with E-state index in [1.165, 1.54) is 0 Å². The van der Waals surface area contributed by atoms with Crippen LogP contribution in [0, 0.1) is 6.92 Å². The van der Waals surface area contributed by atoms with Crippen LogP contribution < -0.4 is 5.32 Å². The first-order chi connectivity index (χ1) is 8.59. The fourth-order valence-corrected chi connectivity index (χ4v) is 2.14. The molecule has 2 aromatic rings. The molecule has 0 aliphatic heterocycles. The Morgan fingerprint density at radius 3 is 2.72 bits per heavy atom. The second-order valence-electron chi connectivity index (χ2n) is 4.35. The van der Waals surface area contributed by atoms with Crippen molar-refractivity contribution in [2.45, 2.75) is 19.9 Å². The zero-order chi connectivity index (χ0) is 13.1.